The zero-order valence-electron chi connectivity index (χ0n) is 18.3. The second kappa shape index (κ2) is 11.8. The first-order chi connectivity index (χ1) is 15.0. The molecular formula is C21H33N5O5. The fraction of sp³-hybridized carbons (Fsp3) is 0.714. The Morgan fingerprint density at radius 1 is 1.13 bits per heavy atom. The van der Waals surface area contributed by atoms with Gasteiger partial charge in [-0.25, -0.2) is 4.79 Å². The standard InChI is InChI=1S/C21H33N5O5/c1-2-3-4-5-6-7-10-23-11-13-24(14-12-23)16-19-17-25(21(27)31-19)22-15-18-8-9-20(30-18)26(28)29/h8-9,15,19H,2-7,10-14,16-17H2,1H3/b22-15+. The van der Waals surface area contributed by atoms with E-state index >= 15 is 0 Å². The maximum Gasteiger partial charge on any atom is 0.433 e. The number of amides is 1. The van der Waals surface area contributed by atoms with Crippen molar-refractivity contribution in [3.8, 4) is 0 Å². The molecule has 1 aromatic rings. The van der Waals surface area contributed by atoms with Crippen LogP contribution in [0.25, 0.3) is 0 Å². The summed E-state index contributed by atoms with van der Waals surface area (Å²) in [6, 6.07) is 2.68. The SMILES string of the molecule is CCCCCCCCN1CCN(CC2CN(/N=C/c3ccc([N+](=O)[O-])o3)C(=O)O2)CC1. The lowest BCUT2D eigenvalue weighted by molar-refractivity contribution is -0.402. The molecule has 172 valence electrons. The molecule has 1 atom stereocenters. The van der Waals surface area contributed by atoms with Crippen LogP contribution in [0.4, 0.5) is 10.7 Å². The summed E-state index contributed by atoms with van der Waals surface area (Å²) in [6.45, 7) is 8.51. The smallest absolute Gasteiger partial charge is 0.433 e. The third-order valence-electron chi connectivity index (χ3n) is 5.73. The number of carbonyl (C=O) groups is 1. The molecule has 1 aromatic heterocycles. The third-order valence-corrected chi connectivity index (χ3v) is 5.73. The van der Waals surface area contributed by atoms with Gasteiger partial charge in [0.1, 0.15) is 11.0 Å². The summed E-state index contributed by atoms with van der Waals surface area (Å²) in [7, 11) is 0. The van der Waals surface area contributed by atoms with E-state index in [1.165, 1.54) is 68.4 Å². The van der Waals surface area contributed by atoms with Gasteiger partial charge in [-0.2, -0.15) is 10.1 Å². The molecule has 10 heteroatoms. The maximum absolute atomic E-state index is 12.0. The number of nitro groups is 1. The summed E-state index contributed by atoms with van der Waals surface area (Å²) < 4.78 is 10.4. The van der Waals surface area contributed by atoms with Gasteiger partial charge in [0.25, 0.3) is 0 Å². The molecule has 0 radical (unpaired) electrons. The zero-order valence-corrected chi connectivity index (χ0v) is 18.3. The number of furan rings is 1. The number of ether oxygens (including phenoxy) is 1. The van der Waals surface area contributed by atoms with E-state index in [1.807, 2.05) is 0 Å². The number of piperazine rings is 1. The van der Waals surface area contributed by atoms with Gasteiger partial charge in [0, 0.05) is 32.7 Å². The molecule has 2 aliphatic heterocycles. The largest absolute Gasteiger partial charge is 0.441 e. The third kappa shape index (κ3) is 7.32. The average molecular weight is 436 g/mol. The van der Waals surface area contributed by atoms with E-state index in [0.29, 0.717) is 13.1 Å². The van der Waals surface area contributed by atoms with Crippen LogP contribution in [-0.4, -0.2) is 84.0 Å². The van der Waals surface area contributed by atoms with Crippen molar-refractivity contribution in [3.05, 3.63) is 28.0 Å². The Morgan fingerprint density at radius 2 is 1.84 bits per heavy atom. The second-order valence-electron chi connectivity index (χ2n) is 8.18. The van der Waals surface area contributed by atoms with E-state index in [1.54, 1.807) is 0 Å². The normalized spacial score (nSPS) is 20.6. The Balaban J connectivity index is 1.34. The van der Waals surface area contributed by atoms with Crippen molar-refractivity contribution in [1.82, 2.24) is 14.8 Å². The summed E-state index contributed by atoms with van der Waals surface area (Å²) in [6.07, 6.45) is 8.47. The fourth-order valence-corrected chi connectivity index (χ4v) is 3.93. The van der Waals surface area contributed by atoms with Crippen molar-refractivity contribution in [2.75, 3.05) is 45.8 Å². The first kappa shape index (κ1) is 23.2. The lowest BCUT2D eigenvalue weighted by Gasteiger charge is -2.35. The molecular weight excluding hydrogens is 402 g/mol. The number of unbranched alkanes of at least 4 members (excludes halogenated alkanes) is 5. The molecule has 0 aromatic carbocycles. The molecule has 0 spiro atoms. The lowest BCUT2D eigenvalue weighted by Crippen LogP contribution is -2.49. The van der Waals surface area contributed by atoms with Gasteiger partial charge in [-0.1, -0.05) is 39.0 Å². The lowest BCUT2D eigenvalue weighted by atomic mass is 10.1. The minimum Gasteiger partial charge on any atom is -0.441 e. The van der Waals surface area contributed by atoms with Crippen molar-refractivity contribution < 1.29 is 18.9 Å². The number of cyclic esters (lactones) is 1. The summed E-state index contributed by atoms with van der Waals surface area (Å²) in [4.78, 5) is 26.9. The van der Waals surface area contributed by atoms with Crippen LogP contribution in [0.5, 0.6) is 0 Å². The van der Waals surface area contributed by atoms with Crippen LogP contribution < -0.4 is 0 Å². The Labute approximate surface area is 182 Å². The molecule has 1 unspecified atom stereocenters. The highest BCUT2D eigenvalue weighted by atomic mass is 16.6. The predicted octanol–water partition coefficient (Wildman–Crippen LogP) is 3.32. The highest BCUT2D eigenvalue weighted by Gasteiger charge is 2.33. The number of hydrogen-bond acceptors (Lipinski definition) is 8. The molecule has 3 rings (SSSR count). The average Bonchev–Trinajstić information content (AvgIpc) is 3.37. The van der Waals surface area contributed by atoms with Crippen molar-refractivity contribution in [3.63, 3.8) is 0 Å². The minimum atomic E-state index is -0.620. The van der Waals surface area contributed by atoms with E-state index in [2.05, 4.69) is 21.8 Å². The molecule has 0 bridgehead atoms. The molecule has 10 nitrogen and oxygen atoms in total. The summed E-state index contributed by atoms with van der Waals surface area (Å²) >= 11 is 0. The highest BCUT2D eigenvalue weighted by Crippen LogP contribution is 2.17. The zero-order chi connectivity index (χ0) is 22.1. The van der Waals surface area contributed by atoms with E-state index in [-0.39, 0.29) is 17.7 Å². The van der Waals surface area contributed by atoms with Crippen LogP contribution in [0, 0.1) is 10.1 Å². The van der Waals surface area contributed by atoms with Gasteiger partial charge in [-0.15, -0.1) is 0 Å². The van der Waals surface area contributed by atoms with Crippen LogP contribution >= 0.6 is 0 Å². The Morgan fingerprint density at radius 3 is 2.55 bits per heavy atom. The topological polar surface area (TPSA) is 105 Å². The van der Waals surface area contributed by atoms with Crippen LogP contribution in [-0.2, 0) is 4.74 Å². The maximum atomic E-state index is 12.0. The van der Waals surface area contributed by atoms with Crippen LogP contribution in [0.1, 0.15) is 51.2 Å². The summed E-state index contributed by atoms with van der Waals surface area (Å²) in [5.74, 6) is -0.150. The van der Waals surface area contributed by atoms with Gasteiger partial charge in [0.2, 0.25) is 0 Å². The second-order valence-corrected chi connectivity index (χ2v) is 8.18. The first-order valence-corrected chi connectivity index (χ1v) is 11.3. The van der Waals surface area contributed by atoms with Crippen molar-refractivity contribution >= 4 is 18.2 Å². The molecule has 0 aliphatic carbocycles. The Hall–Kier alpha value is -2.46. The van der Waals surface area contributed by atoms with E-state index in [4.69, 9.17) is 9.15 Å². The molecule has 2 aliphatic rings. The van der Waals surface area contributed by atoms with Crippen molar-refractivity contribution in [2.45, 2.75) is 51.6 Å². The molecule has 2 saturated heterocycles. The number of rotatable bonds is 12. The summed E-state index contributed by atoms with van der Waals surface area (Å²) in [5, 5.41) is 15.9. The predicted molar refractivity (Wildman–Crippen MR) is 116 cm³/mol. The van der Waals surface area contributed by atoms with Gasteiger partial charge >= 0.3 is 12.0 Å². The van der Waals surface area contributed by atoms with Gasteiger partial charge in [-0.3, -0.25) is 15.0 Å². The molecule has 0 saturated carbocycles. The van der Waals surface area contributed by atoms with Crippen LogP contribution in [0.2, 0.25) is 0 Å². The fourth-order valence-electron chi connectivity index (χ4n) is 3.93. The van der Waals surface area contributed by atoms with Gasteiger partial charge < -0.3 is 14.1 Å². The van der Waals surface area contributed by atoms with E-state index < -0.39 is 11.0 Å². The Bertz CT molecular complexity index is 744. The monoisotopic (exact) mass is 435 g/mol. The van der Waals surface area contributed by atoms with Gasteiger partial charge in [-0.05, 0) is 19.0 Å². The first-order valence-electron chi connectivity index (χ1n) is 11.3. The molecule has 1 amide bonds. The number of hydrogen-bond donors (Lipinski definition) is 0. The summed E-state index contributed by atoms with van der Waals surface area (Å²) in [5.41, 5.74) is 0. The van der Waals surface area contributed by atoms with E-state index in [0.717, 1.165) is 26.2 Å². The van der Waals surface area contributed by atoms with Gasteiger partial charge in [0.15, 0.2) is 5.76 Å². The van der Waals surface area contributed by atoms with Crippen molar-refractivity contribution in [1.29, 1.82) is 0 Å². The number of hydrazone groups is 1. The number of nitrogens with zero attached hydrogens (tertiary/aromatic N) is 5. The molecule has 31 heavy (non-hydrogen) atoms. The van der Waals surface area contributed by atoms with Crippen LogP contribution in [0.15, 0.2) is 21.7 Å². The molecule has 2 fully saturated rings. The molecule has 3 heterocycles. The highest BCUT2D eigenvalue weighted by molar-refractivity contribution is 5.78. The van der Waals surface area contributed by atoms with Gasteiger partial charge in [0.05, 0.1) is 18.8 Å². The van der Waals surface area contributed by atoms with Crippen molar-refractivity contribution in [2.24, 2.45) is 5.10 Å². The quantitative estimate of drug-likeness (QED) is 0.215. The minimum absolute atomic E-state index is 0.212. The van der Waals surface area contributed by atoms with Crippen LogP contribution in [0.3, 0.4) is 0 Å². The number of carbonyl (C=O) groups excluding carboxylic acids is 1. The van der Waals surface area contributed by atoms with E-state index in [9.17, 15) is 14.9 Å². The Kier molecular flexibility index (Phi) is 8.84. The molecule has 0 N–H and O–H groups in total.